The Morgan fingerprint density at radius 1 is 1.13 bits per heavy atom. The van der Waals surface area contributed by atoms with Crippen molar-refractivity contribution in [2.75, 3.05) is 24.1 Å². The SMILES string of the molecule is O=S(=O)(NCCCI)N1CCCCCC1. The van der Waals surface area contributed by atoms with Gasteiger partial charge < -0.3 is 0 Å². The van der Waals surface area contributed by atoms with Gasteiger partial charge in [0.2, 0.25) is 0 Å². The van der Waals surface area contributed by atoms with Crippen molar-refractivity contribution in [3.8, 4) is 0 Å². The second-order valence-electron chi connectivity index (χ2n) is 3.76. The molecular weight excluding hydrogens is 327 g/mol. The first-order chi connectivity index (χ1) is 7.17. The molecule has 1 rings (SSSR count). The molecule has 0 amide bonds. The zero-order chi connectivity index (χ0) is 11.1. The third-order valence-corrected chi connectivity index (χ3v) is 4.88. The first kappa shape index (κ1) is 13.7. The minimum Gasteiger partial charge on any atom is -0.202 e. The molecule has 1 heterocycles. The zero-order valence-corrected chi connectivity index (χ0v) is 11.9. The highest BCUT2D eigenvalue weighted by Gasteiger charge is 2.21. The molecule has 1 aliphatic heterocycles. The molecule has 0 saturated carbocycles. The summed E-state index contributed by atoms with van der Waals surface area (Å²) in [5.74, 6) is 0. The number of rotatable bonds is 5. The molecule has 15 heavy (non-hydrogen) atoms. The average molecular weight is 346 g/mol. The van der Waals surface area contributed by atoms with Crippen LogP contribution in [0.5, 0.6) is 0 Å². The van der Waals surface area contributed by atoms with E-state index in [0.29, 0.717) is 19.6 Å². The molecule has 1 aliphatic rings. The summed E-state index contributed by atoms with van der Waals surface area (Å²) in [6.45, 7) is 1.92. The Labute approximate surface area is 106 Å². The van der Waals surface area contributed by atoms with E-state index in [0.717, 1.165) is 36.5 Å². The number of nitrogens with one attached hydrogen (secondary N) is 1. The molecule has 0 aromatic heterocycles. The molecule has 4 nitrogen and oxygen atoms in total. The number of hydrogen-bond acceptors (Lipinski definition) is 2. The Morgan fingerprint density at radius 3 is 2.27 bits per heavy atom. The minimum atomic E-state index is -3.20. The molecular formula is C9H19IN2O2S. The van der Waals surface area contributed by atoms with Crippen LogP contribution in [0.3, 0.4) is 0 Å². The smallest absolute Gasteiger partial charge is 0.202 e. The van der Waals surface area contributed by atoms with E-state index in [1.165, 1.54) is 0 Å². The summed E-state index contributed by atoms with van der Waals surface area (Å²) in [5.41, 5.74) is 0. The van der Waals surface area contributed by atoms with Gasteiger partial charge in [0.1, 0.15) is 0 Å². The van der Waals surface area contributed by atoms with Gasteiger partial charge in [0.15, 0.2) is 0 Å². The van der Waals surface area contributed by atoms with Crippen LogP contribution in [0.4, 0.5) is 0 Å². The van der Waals surface area contributed by atoms with Gasteiger partial charge >= 0.3 is 0 Å². The average Bonchev–Trinajstić information content (AvgIpc) is 2.46. The van der Waals surface area contributed by atoms with Crippen LogP contribution in [0.1, 0.15) is 32.1 Å². The Balaban J connectivity index is 2.43. The minimum absolute atomic E-state index is 0.557. The van der Waals surface area contributed by atoms with Crippen LogP contribution in [-0.4, -0.2) is 36.8 Å². The fourth-order valence-electron chi connectivity index (χ4n) is 1.64. The summed E-state index contributed by atoms with van der Waals surface area (Å²) in [6.07, 6.45) is 5.19. The summed E-state index contributed by atoms with van der Waals surface area (Å²) >= 11 is 2.25. The quantitative estimate of drug-likeness (QED) is 0.466. The van der Waals surface area contributed by atoms with E-state index in [1.54, 1.807) is 4.31 Å². The predicted molar refractivity (Wildman–Crippen MR) is 70.5 cm³/mol. The van der Waals surface area contributed by atoms with Gasteiger partial charge in [0.05, 0.1) is 0 Å². The molecule has 1 fully saturated rings. The molecule has 0 bridgehead atoms. The van der Waals surface area contributed by atoms with Crippen LogP contribution >= 0.6 is 22.6 Å². The molecule has 0 aromatic carbocycles. The van der Waals surface area contributed by atoms with E-state index in [2.05, 4.69) is 27.3 Å². The topological polar surface area (TPSA) is 49.4 Å². The first-order valence-corrected chi connectivity index (χ1v) is 8.44. The Bertz CT molecular complexity index is 261. The molecule has 0 spiro atoms. The van der Waals surface area contributed by atoms with Crippen molar-refractivity contribution < 1.29 is 8.42 Å². The maximum absolute atomic E-state index is 11.8. The van der Waals surface area contributed by atoms with Crippen molar-refractivity contribution in [3.05, 3.63) is 0 Å². The van der Waals surface area contributed by atoms with Crippen molar-refractivity contribution in [1.29, 1.82) is 0 Å². The van der Waals surface area contributed by atoms with Gasteiger partial charge in [-0.3, -0.25) is 0 Å². The zero-order valence-electron chi connectivity index (χ0n) is 8.91. The molecule has 1 N–H and O–H groups in total. The monoisotopic (exact) mass is 346 g/mol. The van der Waals surface area contributed by atoms with Crippen LogP contribution in [0.2, 0.25) is 0 Å². The fraction of sp³-hybridized carbons (Fsp3) is 1.00. The Hall–Kier alpha value is 0.600. The third-order valence-electron chi connectivity index (χ3n) is 2.50. The van der Waals surface area contributed by atoms with Gasteiger partial charge in [-0.1, -0.05) is 35.4 Å². The fourth-order valence-corrected chi connectivity index (χ4v) is 3.35. The van der Waals surface area contributed by atoms with E-state index in [-0.39, 0.29) is 0 Å². The van der Waals surface area contributed by atoms with Crippen molar-refractivity contribution in [3.63, 3.8) is 0 Å². The van der Waals surface area contributed by atoms with Gasteiger partial charge in [-0.05, 0) is 19.3 Å². The lowest BCUT2D eigenvalue weighted by Gasteiger charge is -2.19. The molecule has 90 valence electrons. The van der Waals surface area contributed by atoms with Gasteiger partial charge in [-0.2, -0.15) is 12.7 Å². The maximum Gasteiger partial charge on any atom is 0.279 e. The van der Waals surface area contributed by atoms with Crippen LogP contribution in [0.15, 0.2) is 0 Å². The van der Waals surface area contributed by atoms with Gasteiger partial charge in [0.25, 0.3) is 10.2 Å². The number of halogens is 1. The maximum atomic E-state index is 11.8. The van der Waals surface area contributed by atoms with E-state index in [1.807, 2.05) is 0 Å². The lowest BCUT2D eigenvalue weighted by Crippen LogP contribution is -2.41. The largest absolute Gasteiger partial charge is 0.279 e. The highest BCUT2D eigenvalue weighted by molar-refractivity contribution is 14.1. The second-order valence-corrected chi connectivity index (χ2v) is 6.59. The summed E-state index contributed by atoms with van der Waals surface area (Å²) in [7, 11) is -3.20. The second kappa shape index (κ2) is 7.03. The molecule has 0 atom stereocenters. The molecule has 0 radical (unpaired) electrons. The summed E-state index contributed by atoms with van der Waals surface area (Å²) in [5, 5.41) is 0. The third kappa shape index (κ3) is 4.97. The molecule has 0 aromatic rings. The summed E-state index contributed by atoms with van der Waals surface area (Å²) in [4.78, 5) is 0. The summed E-state index contributed by atoms with van der Waals surface area (Å²) < 4.78 is 28.9. The number of nitrogens with zero attached hydrogens (tertiary/aromatic N) is 1. The number of hydrogen-bond donors (Lipinski definition) is 1. The highest BCUT2D eigenvalue weighted by atomic mass is 127. The van der Waals surface area contributed by atoms with E-state index in [9.17, 15) is 8.42 Å². The number of alkyl halides is 1. The van der Waals surface area contributed by atoms with Gasteiger partial charge in [-0.25, -0.2) is 4.72 Å². The Kier molecular flexibility index (Phi) is 6.40. The first-order valence-electron chi connectivity index (χ1n) is 5.47. The van der Waals surface area contributed by atoms with E-state index < -0.39 is 10.2 Å². The Morgan fingerprint density at radius 2 is 1.73 bits per heavy atom. The molecule has 1 saturated heterocycles. The predicted octanol–water partition coefficient (Wildman–Crippen LogP) is 1.52. The molecule has 0 unspecified atom stereocenters. The lowest BCUT2D eigenvalue weighted by atomic mass is 10.2. The van der Waals surface area contributed by atoms with Crippen molar-refractivity contribution in [2.24, 2.45) is 0 Å². The molecule has 6 heteroatoms. The van der Waals surface area contributed by atoms with Crippen molar-refractivity contribution >= 4 is 32.8 Å². The van der Waals surface area contributed by atoms with E-state index in [4.69, 9.17) is 0 Å². The lowest BCUT2D eigenvalue weighted by molar-refractivity contribution is 0.415. The van der Waals surface area contributed by atoms with Gasteiger partial charge in [-0.15, -0.1) is 0 Å². The van der Waals surface area contributed by atoms with Crippen LogP contribution in [0.25, 0.3) is 0 Å². The van der Waals surface area contributed by atoms with Crippen molar-refractivity contribution in [1.82, 2.24) is 9.03 Å². The van der Waals surface area contributed by atoms with E-state index >= 15 is 0 Å². The van der Waals surface area contributed by atoms with Crippen molar-refractivity contribution in [2.45, 2.75) is 32.1 Å². The highest BCUT2D eigenvalue weighted by Crippen LogP contribution is 2.12. The van der Waals surface area contributed by atoms with Crippen LogP contribution < -0.4 is 4.72 Å². The standard InChI is InChI=1S/C9H19IN2O2S/c10-6-5-7-11-15(13,14)12-8-3-1-2-4-9-12/h11H,1-9H2. The van der Waals surface area contributed by atoms with Gasteiger partial charge in [0, 0.05) is 24.1 Å². The van der Waals surface area contributed by atoms with Crippen LogP contribution in [0, 0.1) is 0 Å². The normalized spacial score (nSPS) is 20.1. The summed E-state index contributed by atoms with van der Waals surface area (Å²) in [6, 6.07) is 0. The molecule has 0 aliphatic carbocycles. The van der Waals surface area contributed by atoms with Crippen LogP contribution in [-0.2, 0) is 10.2 Å².